The van der Waals surface area contributed by atoms with Gasteiger partial charge in [-0.05, 0) is 49.9 Å². The van der Waals surface area contributed by atoms with E-state index in [1.54, 1.807) is 24.3 Å². The molecule has 0 radical (unpaired) electrons. The van der Waals surface area contributed by atoms with E-state index in [1.807, 2.05) is 0 Å². The molecule has 2 rings (SSSR count). The molecule has 0 unspecified atom stereocenters. The van der Waals surface area contributed by atoms with Gasteiger partial charge in [-0.15, -0.1) is 0 Å². The lowest BCUT2D eigenvalue weighted by molar-refractivity contribution is -0.119. The van der Waals surface area contributed by atoms with Crippen molar-refractivity contribution in [1.29, 1.82) is 0 Å². The number of hydrogen-bond donors (Lipinski definition) is 3. The number of benzene rings is 1. The number of anilines is 1. The summed E-state index contributed by atoms with van der Waals surface area (Å²) in [6, 6.07) is 6.71. The maximum Gasteiger partial charge on any atom is 0.335 e. The Bertz CT molecular complexity index is 542. The average Bonchev–Trinajstić information content (AvgIpc) is 2.46. The van der Waals surface area contributed by atoms with Crippen molar-refractivity contribution in [2.45, 2.75) is 38.6 Å². The fraction of sp³-hybridized carbons (Fsp3) is 0.400. The zero-order chi connectivity index (χ0) is 15.2. The van der Waals surface area contributed by atoms with Gasteiger partial charge in [0, 0.05) is 18.7 Å². The first-order valence-electron chi connectivity index (χ1n) is 6.96. The summed E-state index contributed by atoms with van der Waals surface area (Å²) in [5.41, 5.74) is 5.03. The molecule has 1 aliphatic rings. The first-order chi connectivity index (χ1) is 10.0. The van der Waals surface area contributed by atoms with Gasteiger partial charge in [0.2, 0.25) is 5.91 Å². The van der Waals surface area contributed by atoms with Crippen LogP contribution in [0, 0.1) is 0 Å². The highest BCUT2D eigenvalue weighted by Crippen LogP contribution is 2.17. The van der Waals surface area contributed by atoms with Crippen LogP contribution in [0.15, 0.2) is 29.4 Å². The molecule has 1 saturated carbocycles. The molecular formula is C15H19N3O3. The molecule has 0 aliphatic heterocycles. The van der Waals surface area contributed by atoms with E-state index in [-0.39, 0.29) is 17.5 Å². The highest BCUT2D eigenvalue weighted by atomic mass is 16.4. The summed E-state index contributed by atoms with van der Waals surface area (Å²) in [4.78, 5) is 21.7. The van der Waals surface area contributed by atoms with Crippen LogP contribution in [-0.4, -0.2) is 28.7 Å². The molecule has 1 aromatic rings. The average molecular weight is 289 g/mol. The van der Waals surface area contributed by atoms with Crippen molar-refractivity contribution < 1.29 is 14.7 Å². The topological polar surface area (TPSA) is 90.8 Å². The fourth-order valence-corrected chi connectivity index (χ4v) is 2.33. The number of carbonyl (C=O) groups is 2. The number of nitrogens with one attached hydrogen (secondary N) is 2. The molecule has 3 N–H and O–H groups in total. The van der Waals surface area contributed by atoms with E-state index in [0.29, 0.717) is 0 Å². The van der Waals surface area contributed by atoms with E-state index in [2.05, 4.69) is 15.8 Å². The first-order valence-corrected chi connectivity index (χ1v) is 6.96. The van der Waals surface area contributed by atoms with Crippen molar-refractivity contribution in [3.8, 4) is 0 Å². The zero-order valence-corrected chi connectivity index (χ0v) is 11.9. The Kier molecular flexibility index (Phi) is 4.92. The summed E-state index contributed by atoms with van der Waals surface area (Å²) in [5.74, 6) is -0.929. The third kappa shape index (κ3) is 4.59. The molecule has 6 heteroatoms. The number of rotatable bonds is 4. The Hall–Kier alpha value is -2.37. The highest BCUT2D eigenvalue weighted by molar-refractivity contribution is 5.88. The summed E-state index contributed by atoms with van der Waals surface area (Å²) in [6.07, 6.45) is 3.51. The van der Waals surface area contributed by atoms with Gasteiger partial charge in [0.1, 0.15) is 0 Å². The maximum absolute atomic E-state index is 11.0. The standard InChI is InChI=1S/C15H19N3O3/c1-10(19)16-12-6-8-14(9-7-12)18-17-13-4-2-11(3-5-13)15(20)21/h2-5,12,17H,6-9H2,1H3,(H,16,19)(H,20,21). The van der Waals surface area contributed by atoms with Gasteiger partial charge in [0.25, 0.3) is 0 Å². The van der Waals surface area contributed by atoms with Gasteiger partial charge in [0.05, 0.1) is 11.3 Å². The Balaban J connectivity index is 1.85. The first kappa shape index (κ1) is 15.0. The van der Waals surface area contributed by atoms with E-state index in [9.17, 15) is 9.59 Å². The van der Waals surface area contributed by atoms with Crippen molar-refractivity contribution in [3.05, 3.63) is 29.8 Å². The van der Waals surface area contributed by atoms with Gasteiger partial charge in [-0.2, -0.15) is 5.10 Å². The Morgan fingerprint density at radius 2 is 1.81 bits per heavy atom. The van der Waals surface area contributed by atoms with Crippen molar-refractivity contribution in [1.82, 2.24) is 5.32 Å². The normalized spacial score (nSPS) is 18.0. The lowest BCUT2D eigenvalue weighted by atomic mass is 9.94. The van der Waals surface area contributed by atoms with Crippen molar-refractivity contribution in [2.24, 2.45) is 5.10 Å². The molecule has 1 aliphatic carbocycles. The minimum atomic E-state index is -0.941. The lowest BCUT2D eigenvalue weighted by Gasteiger charge is -2.23. The molecule has 0 saturated heterocycles. The third-order valence-electron chi connectivity index (χ3n) is 3.45. The number of aromatic carboxylic acids is 1. The zero-order valence-electron chi connectivity index (χ0n) is 11.9. The van der Waals surface area contributed by atoms with Crippen LogP contribution in [0.4, 0.5) is 5.69 Å². The largest absolute Gasteiger partial charge is 0.478 e. The molecule has 21 heavy (non-hydrogen) atoms. The van der Waals surface area contributed by atoms with Crippen LogP contribution in [0.5, 0.6) is 0 Å². The Labute approximate surface area is 123 Å². The number of amides is 1. The van der Waals surface area contributed by atoms with Crippen molar-refractivity contribution in [2.75, 3.05) is 5.43 Å². The van der Waals surface area contributed by atoms with Crippen LogP contribution in [0.1, 0.15) is 43.0 Å². The molecule has 0 atom stereocenters. The number of hydrogen-bond acceptors (Lipinski definition) is 4. The van der Waals surface area contributed by atoms with E-state index in [1.165, 1.54) is 6.92 Å². The van der Waals surface area contributed by atoms with Crippen LogP contribution in [0.3, 0.4) is 0 Å². The number of carbonyl (C=O) groups excluding carboxylic acids is 1. The summed E-state index contributed by atoms with van der Waals surface area (Å²) in [6.45, 7) is 1.53. The second-order valence-corrected chi connectivity index (χ2v) is 5.15. The SMILES string of the molecule is CC(=O)NC1CCC(=NNc2ccc(C(=O)O)cc2)CC1. The van der Waals surface area contributed by atoms with Crippen LogP contribution in [-0.2, 0) is 4.79 Å². The van der Waals surface area contributed by atoms with E-state index in [0.717, 1.165) is 37.1 Å². The summed E-state index contributed by atoms with van der Waals surface area (Å²) in [7, 11) is 0. The van der Waals surface area contributed by atoms with Gasteiger partial charge < -0.3 is 10.4 Å². The lowest BCUT2D eigenvalue weighted by Crippen LogP contribution is -2.36. The molecule has 0 aromatic heterocycles. The van der Waals surface area contributed by atoms with Crippen molar-refractivity contribution in [3.63, 3.8) is 0 Å². The fourth-order valence-electron chi connectivity index (χ4n) is 2.33. The predicted octanol–water partition coefficient (Wildman–Crippen LogP) is 2.23. The maximum atomic E-state index is 11.0. The number of nitrogens with zero attached hydrogens (tertiary/aromatic N) is 1. The van der Waals surface area contributed by atoms with Crippen LogP contribution >= 0.6 is 0 Å². The minimum absolute atomic E-state index is 0.0111. The highest BCUT2D eigenvalue weighted by Gasteiger charge is 2.18. The van der Waals surface area contributed by atoms with Gasteiger partial charge in [-0.25, -0.2) is 4.79 Å². The molecule has 1 aromatic carbocycles. The Morgan fingerprint density at radius 1 is 1.19 bits per heavy atom. The number of carboxylic acid groups (broad SMARTS) is 1. The van der Waals surface area contributed by atoms with Gasteiger partial charge in [-0.1, -0.05) is 0 Å². The van der Waals surface area contributed by atoms with E-state index < -0.39 is 5.97 Å². The van der Waals surface area contributed by atoms with E-state index >= 15 is 0 Å². The smallest absolute Gasteiger partial charge is 0.335 e. The van der Waals surface area contributed by atoms with Crippen molar-refractivity contribution >= 4 is 23.3 Å². The molecule has 0 bridgehead atoms. The molecule has 6 nitrogen and oxygen atoms in total. The second kappa shape index (κ2) is 6.88. The third-order valence-corrected chi connectivity index (χ3v) is 3.45. The van der Waals surface area contributed by atoms with Crippen LogP contribution in [0.2, 0.25) is 0 Å². The number of carboxylic acids is 1. The van der Waals surface area contributed by atoms with Gasteiger partial charge in [0.15, 0.2) is 0 Å². The molecule has 1 fully saturated rings. The molecular weight excluding hydrogens is 270 g/mol. The minimum Gasteiger partial charge on any atom is -0.478 e. The summed E-state index contributed by atoms with van der Waals surface area (Å²) in [5, 5.41) is 16.1. The Morgan fingerprint density at radius 3 is 2.33 bits per heavy atom. The van der Waals surface area contributed by atoms with Crippen LogP contribution < -0.4 is 10.7 Å². The van der Waals surface area contributed by atoms with Gasteiger partial charge in [-0.3, -0.25) is 10.2 Å². The predicted molar refractivity (Wildman–Crippen MR) is 80.5 cm³/mol. The molecule has 1 amide bonds. The molecule has 0 heterocycles. The van der Waals surface area contributed by atoms with Gasteiger partial charge >= 0.3 is 5.97 Å². The second-order valence-electron chi connectivity index (χ2n) is 5.15. The molecule has 112 valence electrons. The quantitative estimate of drug-likeness (QED) is 0.741. The van der Waals surface area contributed by atoms with Crippen LogP contribution in [0.25, 0.3) is 0 Å². The number of hydrazone groups is 1. The van der Waals surface area contributed by atoms with E-state index in [4.69, 9.17) is 5.11 Å². The summed E-state index contributed by atoms with van der Waals surface area (Å²) < 4.78 is 0. The monoisotopic (exact) mass is 289 g/mol. The summed E-state index contributed by atoms with van der Waals surface area (Å²) >= 11 is 0. The molecule has 0 spiro atoms.